The molecule has 2 aromatic carbocycles. The SMILES string of the molecule is Nc1nc(COC(=O)c2ccc(N3CCOCC3)cc2)nc2ccccc12. The van der Waals surface area contributed by atoms with Gasteiger partial charge in [0.15, 0.2) is 12.4 Å². The lowest BCUT2D eigenvalue weighted by molar-refractivity contribution is 0.0462. The summed E-state index contributed by atoms with van der Waals surface area (Å²) in [6.45, 7) is 3.12. The number of aromatic nitrogens is 2. The van der Waals surface area contributed by atoms with Crippen LogP contribution in [0.2, 0.25) is 0 Å². The zero-order valence-corrected chi connectivity index (χ0v) is 14.8. The number of fused-ring (bicyclic) bond motifs is 1. The number of para-hydroxylation sites is 1. The predicted octanol–water partition coefficient (Wildman–Crippen LogP) is 2.41. The Balaban J connectivity index is 1.42. The summed E-state index contributed by atoms with van der Waals surface area (Å²) in [7, 11) is 0. The first-order valence-electron chi connectivity index (χ1n) is 8.82. The molecule has 1 aliphatic heterocycles. The van der Waals surface area contributed by atoms with Crippen LogP contribution in [-0.4, -0.2) is 42.2 Å². The minimum Gasteiger partial charge on any atom is -0.454 e. The van der Waals surface area contributed by atoms with Crippen LogP contribution in [0.15, 0.2) is 48.5 Å². The maximum Gasteiger partial charge on any atom is 0.338 e. The minimum atomic E-state index is -0.418. The summed E-state index contributed by atoms with van der Waals surface area (Å²) in [6.07, 6.45) is 0. The van der Waals surface area contributed by atoms with Gasteiger partial charge in [-0.05, 0) is 36.4 Å². The van der Waals surface area contributed by atoms with Gasteiger partial charge in [0.05, 0.1) is 24.3 Å². The summed E-state index contributed by atoms with van der Waals surface area (Å²) in [5, 5.41) is 0.784. The molecule has 2 N–H and O–H groups in total. The Kier molecular flexibility index (Phi) is 4.84. The molecular formula is C20H20N4O3. The Bertz CT molecular complexity index is 953. The number of morpholine rings is 1. The molecule has 0 atom stereocenters. The number of nitrogen functional groups attached to an aromatic ring is 1. The van der Waals surface area contributed by atoms with E-state index in [-0.39, 0.29) is 6.61 Å². The first kappa shape index (κ1) is 17.2. The molecule has 0 amide bonds. The molecule has 1 aromatic heterocycles. The Morgan fingerprint density at radius 2 is 1.81 bits per heavy atom. The lowest BCUT2D eigenvalue weighted by Gasteiger charge is -2.28. The lowest BCUT2D eigenvalue weighted by Crippen LogP contribution is -2.36. The number of esters is 1. The third-order valence-corrected chi connectivity index (χ3v) is 4.49. The van der Waals surface area contributed by atoms with Gasteiger partial charge >= 0.3 is 5.97 Å². The fraction of sp³-hybridized carbons (Fsp3) is 0.250. The average molecular weight is 364 g/mol. The molecule has 3 aromatic rings. The highest BCUT2D eigenvalue weighted by molar-refractivity contribution is 5.90. The molecule has 27 heavy (non-hydrogen) atoms. The van der Waals surface area contributed by atoms with Crippen molar-refractivity contribution in [2.45, 2.75) is 6.61 Å². The monoisotopic (exact) mass is 364 g/mol. The van der Waals surface area contributed by atoms with Gasteiger partial charge in [0.25, 0.3) is 0 Å². The van der Waals surface area contributed by atoms with Crippen molar-refractivity contribution in [3.8, 4) is 0 Å². The van der Waals surface area contributed by atoms with E-state index in [0.29, 0.717) is 17.2 Å². The van der Waals surface area contributed by atoms with Crippen LogP contribution in [0.3, 0.4) is 0 Å². The van der Waals surface area contributed by atoms with E-state index >= 15 is 0 Å². The highest BCUT2D eigenvalue weighted by Crippen LogP contribution is 2.19. The predicted molar refractivity (Wildman–Crippen MR) is 103 cm³/mol. The molecule has 1 aliphatic rings. The van der Waals surface area contributed by atoms with E-state index in [9.17, 15) is 4.79 Å². The van der Waals surface area contributed by atoms with E-state index in [2.05, 4.69) is 14.9 Å². The second-order valence-corrected chi connectivity index (χ2v) is 6.26. The number of benzene rings is 2. The highest BCUT2D eigenvalue weighted by Gasteiger charge is 2.13. The van der Waals surface area contributed by atoms with Crippen LogP contribution in [0.25, 0.3) is 10.9 Å². The molecule has 4 rings (SSSR count). The van der Waals surface area contributed by atoms with Crippen LogP contribution in [0.4, 0.5) is 11.5 Å². The van der Waals surface area contributed by atoms with E-state index < -0.39 is 5.97 Å². The molecule has 0 saturated carbocycles. The summed E-state index contributed by atoms with van der Waals surface area (Å²) in [4.78, 5) is 23.1. The molecule has 0 spiro atoms. The molecule has 1 fully saturated rings. The van der Waals surface area contributed by atoms with Crippen molar-refractivity contribution in [2.75, 3.05) is 36.9 Å². The van der Waals surface area contributed by atoms with Crippen molar-refractivity contribution >= 4 is 28.4 Å². The smallest absolute Gasteiger partial charge is 0.338 e. The van der Waals surface area contributed by atoms with Gasteiger partial charge in [-0.2, -0.15) is 0 Å². The Hall–Kier alpha value is -3.19. The quantitative estimate of drug-likeness (QED) is 0.711. The molecule has 138 valence electrons. The van der Waals surface area contributed by atoms with Gasteiger partial charge in [-0.25, -0.2) is 14.8 Å². The summed E-state index contributed by atoms with van der Waals surface area (Å²) < 4.78 is 10.7. The van der Waals surface area contributed by atoms with Gasteiger partial charge in [0.1, 0.15) is 5.82 Å². The molecule has 0 radical (unpaired) electrons. The second kappa shape index (κ2) is 7.59. The van der Waals surface area contributed by atoms with Gasteiger partial charge in [-0.15, -0.1) is 0 Å². The molecule has 7 nitrogen and oxygen atoms in total. The maximum absolute atomic E-state index is 12.3. The highest BCUT2D eigenvalue weighted by atomic mass is 16.5. The molecule has 7 heteroatoms. The normalized spacial score (nSPS) is 14.3. The number of nitrogens with zero attached hydrogens (tertiary/aromatic N) is 3. The number of nitrogens with two attached hydrogens (primary N) is 1. The fourth-order valence-electron chi connectivity index (χ4n) is 3.06. The van der Waals surface area contributed by atoms with Crippen molar-refractivity contribution in [1.82, 2.24) is 9.97 Å². The lowest BCUT2D eigenvalue weighted by atomic mass is 10.2. The van der Waals surface area contributed by atoms with Crippen molar-refractivity contribution in [1.29, 1.82) is 0 Å². The topological polar surface area (TPSA) is 90.6 Å². The van der Waals surface area contributed by atoms with Gasteiger partial charge in [0.2, 0.25) is 0 Å². The molecule has 0 bridgehead atoms. The summed E-state index contributed by atoms with van der Waals surface area (Å²) in [6, 6.07) is 14.8. The van der Waals surface area contributed by atoms with Gasteiger partial charge in [-0.3, -0.25) is 0 Å². The summed E-state index contributed by atoms with van der Waals surface area (Å²) in [5.41, 5.74) is 8.24. The standard InChI is InChI=1S/C20H20N4O3/c21-19-16-3-1-2-4-17(16)22-18(23-19)13-27-20(25)14-5-7-15(8-6-14)24-9-11-26-12-10-24/h1-8H,9-13H2,(H2,21,22,23). The zero-order chi connectivity index (χ0) is 18.6. The van der Waals surface area contributed by atoms with Gasteiger partial charge in [0, 0.05) is 24.2 Å². The number of anilines is 2. The van der Waals surface area contributed by atoms with Crippen LogP contribution in [0, 0.1) is 0 Å². The van der Waals surface area contributed by atoms with Crippen LogP contribution in [0.5, 0.6) is 0 Å². The van der Waals surface area contributed by atoms with E-state index in [1.54, 1.807) is 12.1 Å². The molecule has 0 unspecified atom stereocenters. The van der Waals surface area contributed by atoms with E-state index in [0.717, 1.165) is 42.9 Å². The van der Waals surface area contributed by atoms with E-state index in [1.165, 1.54) is 0 Å². The second-order valence-electron chi connectivity index (χ2n) is 6.26. The first-order chi connectivity index (χ1) is 13.2. The average Bonchev–Trinajstić information content (AvgIpc) is 2.73. The van der Waals surface area contributed by atoms with Crippen LogP contribution in [0.1, 0.15) is 16.2 Å². The Morgan fingerprint density at radius 3 is 2.59 bits per heavy atom. The summed E-state index contributed by atoms with van der Waals surface area (Å²) in [5.74, 6) is 0.338. The molecule has 2 heterocycles. The minimum absolute atomic E-state index is 0.0287. The van der Waals surface area contributed by atoms with Gasteiger partial charge in [-0.1, -0.05) is 12.1 Å². The number of ether oxygens (including phenoxy) is 2. The Morgan fingerprint density at radius 1 is 1.07 bits per heavy atom. The van der Waals surface area contributed by atoms with Crippen molar-refractivity contribution < 1.29 is 14.3 Å². The first-order valence-corrected chi connectivity index (χ1v) is 8.82. The number of hydrogen-bond donors (Lipinski definition) is 1. The van der Waals surface area contributed by atoms with Crippen LogP contribution < -0.4 is 10.6 Å². The summed E-state index contributed by atoms with van der Waals surface area (Å²) >= 11 is 0. The van der Waals surface area contributed by atoms with Gasteiger partial charge < -0.3 is 20.1 Å². The van der Waals surface area contributed by atoms with Crippen molar-refractivity contribution in [3.05, 3.63) is 59.9 Å². The van der Waals surface area contributed by atoms with Crippen molar-refractivity contribution in [2.24, 2.45) is 0 Å². The Labute approximate surface area is 156 Å². The number of carbonyl (C=O) groups excluding carboxylic acids is 1. The van der Waals surface area contributed by atoms with E-state index in [4.69, 9.17) is 15.2 Å². The number of carbonyl (C=O) groups is 1. The van der Waals surface area contributed by atoms with Crippen LogP contribution >= 0.6 is 0 Å². The largest absolute Gasteiger partial charge is 0.454 e. The maximum atomic E-state index is 12.3. The van der Waals surface area contributed by atoms with E-state index in [1.807, 2.05) is 36.4 Å². The molecular weight excluding hydrogens is 344 g/mol. The fourth-order valence-corrected chi connectivity index (χ4v) is 3.06. The number of rotatable bonds is 4. The molecule has 0 aliphatic carbocycles. The third kappa shape index (κ3) is 3.83. The number of hydrogen-bond acceptors (Lipinski definition) is 7. The third-order valence-electron chi connectivity index (χ3n) is 4.49. The molecule has 1 saturated heterocycles. The zero-order valence-electron chi connectivity index (χ0n) is 14.8. The van der Waals surface area contributed by atoms with Crippen LogP contribution in [-0.2, 0) is 16.1 Å². The van der Waals surface area contributed by atoms with Crippen molar-refractivity contribution in [3.63, 3.8) is 0 Å².